The fraction of sp³-hybridized carbons (Fsp3) is 0.882. The number of aliphatic carboxylic acids is 1. The SMILES string of the molecule is O=C(O)C1CCC(C(=O)N2CCCC3CCCCC32)CC1. The average Bonchev–Trinajstić information content (AvgIpc) is 2.53. The molecule has 1 N–H and O–H groups in total. The van der Waals surface area contributed by atoms with Crippen molar-refractivity contribution in [3.63, 3.8) is 0 Å². The van der Waals surface area contributed by atoms with Gasteiger partial charge in [0.15, 0.2) is 0 Å². The summed E-state index contributed by atoms with van der Waals surface area (Å²) in [5.41, 5.74) is 0. The van der Waals surface area contributed by atoms with E-state index in [0.29, 0.717) is 24.8 Å². The van der Waals surface area contributed by atoms with E-state index < -0.39 is 5.97 Å². The molecule has 0 aromatic carbocycles. The molecule has 1 saturated heterocycles. The van der Waals surface area contributed by atoms with E-state index in [2.05, 4.69) is 4.90 Å². The van der Waals surface area contributed by atoms with Crippen LogP contribution >= 0.6 is 0 Å². The van der Waals surface area contributed by atoms with Gasteiger partial charge < -0.3 is 10.0 Å². The fourth-order valence-corrected chi connectivity index (χ4v) is 4.72. The lowest BCUT2D eigenvalue weighted by atomic mass is 9.76. The minimum atomic E-state index is -0.689. The standard InChI is InChI=1S/C17H27NO3/c19-16(13-7-9-14(10-8-13)17(20)21)18-11-3-5-12-4-1-2-6-15(12)18/h12-15H,1-11H2,(H,20,21). The number of likely N-dealkylation sites (tertiary alicyclic amines) is 1. The molecule has 2 unspecified atom stereocenters. The molecule has 0 radical (unpaired) electrons. The summed E-state index contributed by atoms with van der Waals surface area (Å²) in [6, 6.07) is 0.484. The zero-order valence-electron chi connectivity index (χ0n) is 12.8. The van der Waals surface area contributed by atoms with Crippen LogP contribution in [-0.4, -0.2) is 34.5 Å². The molecule has 0 aromatic rings. The lowest BCUT2D eigenvalue weighted by Gasteiger charge is -2.45. The van der Waals surface area contributed by atoms with Crippen molar-refractivity contribution in [2.24, 2.45) is 17.8 Å². The molecule has 0 spiro atoms. The predicted molar refractivity (Wildman–Crippen MR) is 79.8 cm³/mol. The summed E-state index contributed by atoms with van der Waals surface area (Å²) in [4.78, 5) is 26.1. The molecule has 1 aliphatic heterocycles. The number of carboxylic acid groups (broad SMARTS) is 1. The minimum absolute atomic E-state index is 0.0845. The summed E-state index contributed by atoms with van der Waals surface area (Å²) >= 11 is 0. The van der Waals surface area contributed by atoms with Gasteiger partial charge in [-0.3, -0.25) is 9.59 Å². The van der Waals surface area contributed by atoms with Crippen LogP contribution in [-0.2, 0) is 9.59 Å². The number of amides is 1. The van der Waals surface area contributed by atoms with E-state index in [1.807, 2.05) is 0 Å². The molecule has 3 fully saturated rings. The highest BCUT2D eigenvalue weighted by Gasteiger charge is 2.39. The Morgan fingerprint density at radius 1 is 0.810 bits per heavy atom. The Kier molecular flexibility index (Phi) is 4.51. The minimum Gasteiger partial charge on any atom is -0.481 e. The van der Waals surface area contributed by atoms with E-state index in [-0.39, 0.29) is 11.8 Å². The van der Waals surface area contributed by atoms with E-state index in [1.54, 1.807) is 0 Å². The van der Waals surface area contributed by atoms with Gasteiger partial charge in [-0.2, -0.15) is 0 Å². The van der Waals surface area contributed by atoms with Crippen molar-refractivity contribution in [1.82, 2.24) is 4.90 Å². The molecular formula is C17H27NO3. The monoisotopic (exact) mass is 293 g/mol. The molecule has 3 aliphatic rings. The highest BCUT2D eigenvalue weighted by molar-refractivity contribution is 5.80. The maximum atomic E-state index is 12.9. The van der Waals surface area contributed by atoms with Gasteiger partial charge in [0.1, 0.15) is 0 Å². The first-order valence-corrected chi connectivity index (χ1v) is 8.70. The number of piperidine rings is 1. The van der Waals surface area contributed by atoms with Crippen LogP contribution in [0, 0.1) is 17.8 Å². The third kappa shape index (κ3) is 3.09. The third-order valence-electron chi connectivity index (χ3n) is 5.95. The van der Waals surface area contributed by atoms with Crippen molar-refractivity contribution in [3.05, 3.63) is 0 Å². The number of nitrogens with zero attached hydrogens (tertiary/aromatic N) is 1. The van der Waals surface area contributed by atoms with Crippen LogP contribution in [0.3, 0.4) is 0 Å². The van der Waals surface area contributed by atoms with Crippen molar-refractivity contribution >= 4 is 11.9 Å². The summed E-state index contributed by atoms with van der Waals surface area (Å²) in [5.74, 6) is 0.229. The molecule has 2 aliphatic carbocycles. The van der Waals surface area contributed by atoms with Gasteiger partial charge in [-0.05, 0) is 57.3 Å². The van der Waals surface area contributed by atoms with Crippen molar-refractivity contribution in [3.8, 4) is 0 Å². The Hall–Kier alpha value is -1.06. The number of carboxylic acids is 1. The van der Waals surface area contributed by atoms with Crippen LogP contribution in [0.15, 0.2) is 0 Å². The van der Waals surface area contributed by atoms with Gasteiger partial charge in [0.05, 0.1) is 5.92 Å². The highest BCUT2D eigenvalue weighted by Crippen LogP contribution is 2.38. The first kappa shape index (κ1) is 14.9. The maximum Gasteiger partial charge on any atom is 0.306 e. The number of hydrogen-bond acceptors (Lipinski definition) is 2. The molecule has 118 valence electrons. The van der Waals surface area contributed by atoms with Gasteiger partial charge in [0, 0.05) is 18.5 Å². The quantitative estimate of drug-likeness (QED) is 0.851. The van der Waals surface area contributed by atoms with Crippen molar-refractivity contribution in [2.45, 2.75) is 70.3 Å². The molecule has 4 nitrogen and oxygen atoms in total. The predicted octanol–water partition coefficient (Wildman–Crippen LogP) is 3.06. The number of carbonyl (C=O) groups excluding carboxylic acids is 1. The van der Waals surface area contributed by atoms with Crippen molar-refractivity contribution in [1.29, 1.82) is 0 Å². The molecular weight excluding hydrogens is 266 g/mol. The lowest BCUT2D eigenvalue weighted by Crippen LogP contribution is -2.52. The van der Waals surface area contributed by atoms with Gasteiger partial charge in [-0.15, -0.1) is 0 Å². The highest BCUT2D eigenvalue weighted by atomic mass is 16.4. The molecule has 0 aromatic heterocycles. The Labute approximate surface area is 126 Å². The second kappa shape index (κ2) is 6.37. The van der Waals surface area contributed by atoms with Gasteiger partial charge >= 0.3 is 5.97 Å². The second-order valence-corrected chi connectivity index (χ2v) is 7.17. The van der Waals surface area contributed by atoms with Crippen LogP contribution in [0.5, 0.6) is 0 Å². The van der Waals surface area contributed by atoms with Crippen molar-refractivity contribution in [2.75, 3.05) is 6.54 Å². The van der Waals surface area contributed by atoms with Gasteiger partial charge in [0.25, 0.3) is 0 Å². The lowest BCUT2D eigenvalue weighted by molar-refractivity contribution is -0.148. The zero-order chi connectivity index (χ0) is 14.8. The normalized spacial score (nSPS) is 36.9. The Bertz CT molecular complexity index is 399. The molecule has 1 heterocycles. The second-order valence-electron chi connectivity index (χ2n) is 7.17. The van der Waals surface area contributed by atoms with Crippen LogP contribution < -0.4 is 0 Å². The molecule has 0 bridgehead atoms. The largest absolute Gasteiger partial charge is 0.481 e. The van der Waals surface area contributed by atoms with Gasteiger partial charge in [-0.25, -0.2) is 0 Å². The average molecular weight is 293 g/mol. The number of fused-ring (bicyclic) bond motifs is 1. The van der Waals surface area contributed by atoms with Crippen LogP contribution in [0.4, 0.5) is 0 Å². The van der Waals surface area contributed by atoms with Crippen molar-refractivity contribution < 1.29 is 14.7 Å². The summed E-state index contributed by atoms with van der Waals surface area (Å²) in [6.07, 6.45) is 10.4. The Morgan fingerprint density at radius 3 is 2.14 bits per heavy atom. The number of hydrogen-bond donors (Lipinski definition) is 1. The van der Waals surface area contributed by atoms with Gasteiger partial charge in [0.2, 0.25) is 5.91 Å². The summed E-state index contributed by atoms with van der Waals surface area (Å²) in [7, 11) is 0. The van der Waals surface area contributed by atoms with E-state index in [9.17, 15) is 9.59 Å². The molecule has 2 atom stereocenters. The van der Waals surface area contributed by atoms with E-state index in [1.165, 1.54) is 32.1 Å². The van der Waals surface area contributed by atoms with E-state index >= 15 is 0 Å². The molecule has 2 saturated carbocycles. The summed E-state index contributed by atoms with van der Waals surface area (Å²) in [6.45, 7) is 0.929. The zero-order valence-corrected chi connectivity index (χ0v) is 12.8. The van der Waals surface area contributed by atoms with E-state index in [0.717, 1.165) is 31.7 Å². The number of rotatable bonds is 2. The first-order chi connectivity index (χ1) is 10.2. The molecule has 3 rings (SSSR count). The smallest absolute Gasteiger partial charge is 0.306 e. The fourth-order valence-electron chi connectivity index (χ4n) is 4.72. The van der Waals surface area contributed by atoms with E-state index in [4.69, 9.17) is 5.11 Å². The topological polar surface area (TPSA) is 57.6 Å². The Morgan fingerprint density at radius 2 is 1.43 bits per heavy atom. The molecule has 4 heteroatoms. The van der Waals surface area contributed by atoms with Gasteiger partial charge in [-0.1, -0.05) is 12.8 Å². The summed E-state index contributed by atoms with van der Waals surface area (Å²) in [5, 5.41) is 9.07. The third-order valence-corrected chi connectivity index (χ3v) is 5.95. The van der Waals surface area contributed by atoms with Crippen LogP contribution in [0.2, 0.25) is 0 Å². The number of carbonyl (C=O) groups is 2. The van der Waals surface area contributed by atoms with Crippen LogP contribution in [0.25, 0.3) is 0 Å². The van der Waals surface area contributed by atoms with Crippen LogP contribution in [0.1, 0.15) is 64.2 Å². The Balaban J connectivity index is 1.61. The maximum absolute atomic E-state index is 12.9. The first-order valence-electron chi connectivity index (χ1n) is 8.70. The molecule has 1 amide bonds. The summed E-state index contributed by atoms with van der Waals surface area (Å²) < 4.78 is 0. The molecule has 21 heavy (non-hydrogen) atoms.